The van der Waals surface area contributed by atoms with Crippen LogP contribution in [0.5, 0.6) is 11.5 Å². The zero-order valence-electron chi connectivity index (χ0n) is 16.2. The van der Waals surface area contributed by atoms with Crippen molar-refractivity contribution in [1.29, 1.82) is 0 Å². The average Bonchev–Trinajstić information content (AvgIpc) is 2.73. The van der Waals surface area contributed by atoms with Crippen LogP contribution in [0.3, 0.4) is 0 Å². The fourth-order valence-electron chi connectivity index (χ4n) is 3.17. The van der Waals surface area contributed by atoms with Crippen molar-refractivity contribution in [2.24, 2.45) is 0 Å². The number of fused-ring (bicyclic) bond motifs is 2. The van der Waals surface area contributed by atoms with Gasteiger partial charge in [0.25, 0.3) is 0 Å². The normalized spacial score (nSPS) is 13.0. The monoisotopic (exact) mass is 392 g/mol. The van der Waals surface area contributed by atoms with Gasteiger partial charge in [0.15, 0.2) is 11.5 Å². The summed E-state index contributed by atoms with van der Waals surface area (Å²) in [6.07, 6.45) is 2.99. The second kappa shape index (κ2) is 7.83. The predicted molar refractivity (Wildman–Crippen MR) is 108 cm³/mol. The third kappa shape index (κ3) is 4.01. The van der Waals surface area contributed by atoms with Crippen LogP contribution in [0, 0.1) is 13.8 Å². The van der Waals surface area contributed by atoms with Crippen molar-refractivity contribution in [3.63, 3.8) is 0 Å². The lowest BCUT2D eigenvalue weighted by molar-refractivity contribution is -0.138. The molecule has 0 fully saturated rings. The van der Waals surface area contributed by atoms with Crippen LogP contribution in [-0.2, 0) is 16.1 Å². The molecule has 4 rings (SSSR count). The SMILES string of the molecule is Cc1ccc2c(COC(=O)/C=C/c3ccc4c(c3)OCCO4)cc(=O)oc2c1C. The fourth-order valence-corrected chi connectivity index (χ4v) is 3.17. The summed E-state index contributed by atoms with van der Waals surface area (Å²) in [5, 5.41) is 0.760. The molecule has 148 valence electrons. The van der Waals surface area contributed by atoms with Crippen molar-refractivity contribution in [2.75, 3.05) is 13.2 Å². The molecule has 0 saturated heterocycles. The summed E-state index contributed by atoms with van der Waals surface area (Å²) in [6.45, 7) is 4.85. The Morgan fingerprint density at radius 1 is 1.07 bits per heavy atom. The van der Waals surface area contributed by atoms with Crippen molar-refractivity contribution in [3.05, 3.63) is 75.1 Å². The molecule has 29 heavy (non-hydrogen) atoms. The maximum Gasteiger partial charge on any atom is 0.336 e. The van der Waals surface area contributed by atoms with E-state index in [1.54, 1.807) is 18.2 Å². The van der Waals surface area contributed by atoms with Crippen molar-refractivity contribution in [2.45, 2.75) is 20.5 Å². The van der Waals surface area contributed by atoms with E-state index in [0.717, 1.165) is 22.1 Å². The van der Waals surface area contributed by atoms with Crippen molar-refractivity contribution < 1.29 is 23.4 Å². The van der Waals surface area contributed by atoms with Gasteiger partial charge in [-0.3, -0.25) is 0 Å². The first-order valence-electron chi connectivity index (χ1n) is 9.29. The smallest absolute Gasteiger partial charge is 0.336 e. The molecule has 0 bridgehead atoms. The Morgan fingerprint density at radius 2 is 1.86 bits per heavy atom. The number of rotatable bonds is 4. The maximum atomic E-state index is 12.2. The summed E-state index contributed by atoms with van der Waals surface area (Å²) in [5.74, 6) is 0.835. The Bertz CT molecular complexity index is 1170. The van der Waals surface area contributed by atoms with Crippen molar-refractivity contribution in [3.8, 4) is 11.5 Å². The minimum absolute atomic E-state index is 0.0189. The first-order chi connectivity index (χ1) is 14.0. The summed E-state index contributed by atoms with van der Waals surface area (Å²) >= 11 is 0. The third-order valence-electron chi connectivity index (χ3n) is 4.87. The van der Waals surface area contributed by atoms with Gasteiger partial charge in [-0.1, -0.05) is 18.2 Å². The molecule has 3 aromatic rings. The first-order valence-corrected chi connectivity index (χ1v) is 9.29. The highest BCUT2D eigenvalue weighted by Crippen LogP contribution is 2.31. The number of carbonyl (C=O) groups is 1. The summed E-state index contributed by atoms with van der Waals surface area (Å²) in [6, 6.07) is 10.6. The molecule has 6 nitrogen and oxygen atoms in total. The van der Waals surface area contributed by atoms with E-state index < -0.39 is 11.6 Å². The maximum absolute atomic E-state index is 12.2. The lowest BCUT2D eigenvalue weighted by Gasteiger charge is -2.18. The average molecular weight is 392 g/mol. The summed E-state index contributed by atoms with van der Waals surface area (Å²) < 4.78 is 21.7. The third-order valence-corrected chi connectivity index (χ3v) is 4.87. The van der Waals surface area contributed by atoms with Crippen molar-refractivity contribution in [1.82, 2.24) is 0 Å². The van der Waals surface area contributed by atoms with Crippen LogP contribution in [0.2, 0.25) is 0 Å². The van der Waals surface area contributed by atoms with Gasteiger partial charge in [0, 0.05) is 23.1 Å². The molecule has 0 N–H and O–H groups in total. The molecular weight excluding hydrogens is 372 g/mol. The molecule has 0 spiro atoms. The minimum Gasteiger partial charge on any atom is -0.486 e. The number of aryl methyl sites for hydroxylation is 2. The van der Waals surface area contributed by atoms with Gasteiger partial charge < -0.3 is 18.6 Å². The van der Waals surface area contributed by atoms with Crippen LogP contribution in [0.4, 0.5) is 0 Å². The molecule has 0 unspecified atom stereocenters. The van der Waals surface area contributed by atoms with Crippen LogP contribution in [0.1, 0.15) is 22.3 Å². The molecule has 0 saturated carbocycles. The second-order valence-electron chi connectivity index (χ2n) is 6.82. The van der Waals surface area contributed by atoms with Gasteiger partial charge >= 0.3 is 11.6 Å². The molecule has 0 aliphatic carbocycles. The Hall–Kier alpha value is -3.54. The topological polar surface area (TPSA) is 75.0 Å². The zero-order chi connectivity index (χ0) is 20.4. The van der Waals surface area contributed by atoms with E-state index in [0.29, 0.717) is 35.9 Å². The number of benzene rings is 2. The van der Waals surface area contributed by atoms with E-state index in [9.17, 15) is 9.59 Å². The van der Waals surface area contributed by atoms with Gasteiger partial charge in [-0.15, -0.1) is 0 Å². The molecular formula is C23H20O6. The van der Waals surface area contributed by atoms with Gasteiger partial charge in [0.05, 0.1) is 0 Å². The number of carbonyl (C=O) groups excluding carboxylic acids is 1. The van der Waals surface area contributed by atoms with Crippen LogP contribution >= 0.6 is 0 Å². The van der Waals surface area contributed by atoms with Crippen LogP contribution in [-0.4, -0.2) is 19.2 Å². The van der Waals surface area contributed by atoms with Crippen LogP contribution in [0.15, 0.2) is 51.7 Å². The highest BCUT2D eigenvalue weighted by atomic mass is 16.6. The zero-order valence-corrected chi connectivity index (χ0v) is 16.2. The van der Waals surface area contributed by atoms with Gasteiger partial charge in [-0.05, 0) is 48.7 Å². The largest absolute Gasteiger partial charge is 0.486 e. The van der Waals surface area contributed by atoms with E-state index in [2.05, 4.69) is 0 Å². The molecule has 0 atom stereocenters. The predicted octanol–water partition coefficient (Wildman–Crippen LogP) is 3.94. The second-order valence-corrected chi connectivity index (χ2v) is 6.82. The number of esters is 1. The van der Waals surface area contributed by atoms with Crippen molar-refractivity contribution >= 4 is 23.0 Å². The Morgan fingerprint density at radius 3 is 2.69 bits per heavy atom. The van der Waals surface area contributed by atoms with E-state index >= 15 is 0 Å². The van der Waals surface area contributed by atoms with Gasteiger partial charge in [0.1, 0.15) is 25.4 Å². The number of ether oxygens (including phenoxy) is 3. The van der Waals surface area contributed by atoms with Crippen LogP contribution < -0.4 is 15.1 Å². The van der Waals surface area contributed by atoms with Crippen LogP contribution in [0.25, 0.3) is 17.0 Å². The fraction of sp³-hybridized carbons (Fsp3) is 0.217. The molecule has 2 heterocycles. The first kappa shape index (κ1) is 18.8. The van der Waals surface area contributed by atoms with E-state index in [-0.39, 0.29) is 6.61 Å². The summed E-state index contributed by atoms with van der Waals surface area (Å²) in [4.78, 5) is 24.1. The van der Waals surface area contributed by atoms with E-state index in [4.69, 9.17) is 18.6 Å². The molecule has 1 aliphatic heterocycles. The molecule has 1 aromatic heterocycles. The molecule has 0 radical (unpaired) electrons. The summed E-state index contributed by atoms with van der Waals surface area (Å²) in [7, 11) is 0. The Labute approximate surface area is 167 Å². The van der Waals surface area contributed by atoms with E-state index in [1.165, 1.54) is 12.1 Å². The number of hydrogen-bond acceptors (Lipinski definition) is 6. The molecule has 2 aromatic carbocycles. The molecule has 0 amide bonds. The highest BCUT2D eigenvalue weighted by molar-refractivity contribution is 5.88. The lowest BCUT2D eigenvalue weighted by Crippen LogP contribution is -2.15. The minimum atomic E-state index is -0.509. The molecule has 6 heteroatoms. The molecule has 1 aliphatic rings. The highest BCUT2D eigenvalue weighted by Gasteiger charge is 2.12. The Kier molecular flexibility index (Phi) is 5.08. The van der Waals surface area contributed by atoms with E-state index in [1.807, 2.05) is 32.0 Å². The van der Waals surface area contributed by atoms with Gasteiger partial charge in [-0.25, -0.2) is 9.59 Å². The van der Waals surface area contributed by atoms with Gasteiger partial charge in [0.2, 0.25) is 0 Å². The quantitative estimate of drug-likeness (QED) is 0.380. The standard InChI is InChI=1S/C23H20O6/c1-14-3-6-18-17(12-22(25)29-23(18)15(14)2)13-28-21(24)8-5-16-4-7-19-20(11-16)27-10-9-26-19/h3-8,11-12H,9-10,13H2,1-2H3/b8-5+. The number of hydrogen-bond donors (Lipinski definition) is 0. The summed E-state index contributed by atoms with van der Waals surface area (Å²) in [5.41, 5.74) is 3.38. The lowest BCUT2D eigenvalue weighted by atomic mass is 10.0. The van der Waals surface area contributed by atoms with Gasteiger partial charge in [-0.2, -0.15) is 0 Å². The Balaban J connectivity index is 1.48.